The first-order chi connectivity index (χ1) is 13.6. The lowest BCUT2D eigenvalue weighted by Crippen LogP contribution is -2.31. The van der Waals surface area contributed by atoms with Crippen LogP contribution < -0.4 is 4.74 Å². The number of aromatic nitrogens is 3. The highest BCUT2D eigenvalue weighted by Gasteiger charge is 2.32. The Kier molecular flexibility index (Phi) is 4.97. The molecule has 0 aliphatic carbocycles. The minimum Gasteiger partial charge on any atom is -0.437 e. The molecule has 1 aliphatic rings. The quantitative estimate of drug-likeness (QED) is 0.684. The van der Waals surface area contributed by atoms with E-state index in [2.05, 4.69) is 15.0 Å². The van der Waals surface area contributed by atoms with Gasteiger partial charge >= 0.3 is 0 Å². The molecule has 142 valence electrons. The maximum absolute atomic E-state index is 13.0. The molecule has 6 nitrogen and oxygen atoms in total. The maximum Gasteiger partial charge on any atom is 0.255 e. The fraction of sp³-hybridized carbons (Fsp3) is 0.238. The van der Waals surface area contributed by atoms with Gasteiger partial charge in [-0.05, 0) is 56.2 Å². The van der Waals surface area contributed by atoms with Crippen molar-refractivity contribution in [2.24, 2.45) is 0 Å². The van der Waals surface area contributed by atoms with E-state index in [-0.39, 0.29) is 17.8 Å². The van der Waals surface area contributed by atoms with Crippen LogP contribution in [0.4, 0.5) is 4.39 Å². The summed E-state index contributed by atoms with van der Waals surface area (Å²) in [6, 6.07) is 9.14. The number of hydrogen-bond donors (Lipinski definition) is 0. The number of pyridine rings is 1. The molecule has 0 unspecified atom stereocenters. The van der Waals surface area contributed by atoms with Gasteiger partial charge in [0.2, 0.25) is 5.88 Å². The van der Waals surface area contributed by atoms with Crippen LogP contribution in [-0.4, -0.2) is 32.3 Å². The van der Waals surface area contributed by atoms with E-state index in [1.54, 1.807) is 23.4 Å². The number of carbonyl (C=O) groups is 1. The highest BCUT2D eigenvalue weighted by atomic mass is 19.1. The standard InChI is InChI=1S/C21H19FN4O2/c1-14-4-5-15(11-24-14)21(27)26-10-2-3-19(26)18-12-23-13-20(25-18)28-17-8-6-16(22)7-9-17/h4-9,11-13,19H,2-3,10H2,1H3/t19-/m0/s1. The Bertz CT molecular complexity index is 976. The molecule has 0 radical (unpaired) electrons. The maximum atomic E-state index is 13.0. The van der Waals surface area contributed by atoms with E-state index in [4.69, 9.17) is 4.74 Å². The molecule has 3 aromatic rings. The summed E-state index contributed by atoms with van der Waals surface area (Å²) in [5, 5.41) is 0. The monoisotopic (exact) mass is 378 g/mol. The van der Waals surface area contributed by atoms with Gasteiger partial charge in [-0.1, -0.05) is 0 Å². The Morgan fingerprint density at radius 2 is 1.96 bits per heavy atom. The highest BCUT2D eigenvalue weighted by Crippen LogP contribution is 2.33. The van der Waals surface area contributed by atoms with Crippen molar-refractivity contribution >= 4 is 5.91 Å². The average Bonchev–Trinajstić information content (AvgIpc) is 3.20. The number of hydrogen-bond acceptors (Lipinski definition) is 5. The summed E-state index contributed by atoms with van der Waals surface area (Å²) in [7, 11) is 0. The van der Waals surface area contributed by atoms with Crippen LogP contribution >= 0.6 is 0 Å². The van der Waals surface area contributed by atoms with Gasteiger partial charge in [0.05, 0.1) is 29.7 Å². The predicted molar refractivity (Wildman–Crippen MR) is 100 cm³/mol. The zero-order chi connectivity index (χ0) is 19.5. The van der Waals surface area contributed by atoms with Crippen LogP contribution in [0.5, 0.6) is 11.6 Å². The molecule has 1 fully saturated rings. The summed E-state index contributed by atoms with van der Waals surface area (Å²) < 4.78 is 18.7. The van der Waals surface area contributed by atoms with Crippen molar-refractivity contribution in [1.82, 2.24) is 19.9 Å². The topological polar surface area (TPSA) is 68.2 Å². The molecule has 0 saturated carbocycles. The average molecular weight is 378 g/mol. The number of benzene rings is 1. The molecule has 7 heteroatoms. The van der Waals surface area contributed by atoms with Crippen molar-refractivity contribution in [2.75, 3.05) is 6.54 Å². The van der Waals surface area contributed by atoms with Crippen molar-refractivity contribution in [1.29, 1.82) is 0 Å². The lowest BCUT2D eigenvalue weighted by molar-refractivity contribution is 0.0732. The third kappa shape index (κ3) is 3.83. The molecule has 1 amide bonds. The minimum atomic E-state index is -0.335. The molecule has 1 saturated heterocycles. The number of halogens is 1. The summed E-state index contributed by atoms with van der Waals surface area (Å²) in [6.45, 7) is 2.54. The largest absolute Gasteiger partial charge is 0.437 e. The summed E-state index contributed by atoms with van der Waals surface area (Å²) in [5.74, 6) is 0.373. The van der Waals surface area contributed by atoms with Gasteiger partial charge in [-0.2, -0.15) is 0 Å². The number of aryl methyl sites for hydroxylation is 1. The summed E-state index contributed by atoms with van der Waals surface area (Å²) in [6.07, 6.45) is 6.45. The predicted octanol–water partition coefficient (Wildman–Crippen LogP) is 4.09. The Morgan fingerprint density at radius 1 is 1.14 bits per heavy atom. The number of rotatable bonds is 4. The second-order valence-corrected chi connectivity index (χ2v) is 6.68. The summed E-state index contributed by atoms with van der Waals surface area (Å²) >= 11 is 0. The molecule has 4 rings (SSSR count). The van der Waals surface area contributed by atoms with Crippen molar-refractivity contribution in [2.45, 2.75) is 25.8 Å². The van der Waals surface area contributed by atoms with Crippen LogP contribution in [0.2, 0.25) is 0 Å². The van der Waals surface area contributed by atoms with Crippen LogP contribution in [0, 0.1) is 12.7 Å². The lowest BCUT2D eigenvalue weighted by Gasteiger charge is -2.24. The van der Waals surface area contributed by atoms with Crippen LogP contribution in [0.1, 0.15) is 40.6 Å². The van der Waals surface area contributed by atoms with E-state index in [1.165, 1.54) is 30.5 Å². The summed E-state index contributed by atoms with van der Waals surface area (Å²) in [5.41, 5.74) is 2.10. The van der Waals surface area contributed by atoms with Gasteiger partial charge in [0.15, 0.2) is 0 Å². The molecule has 1 aromatic carbocycles. The van der Waals surface area contributed by atoms with Crippen LogP contribution in [-0.2, 0) is 0 Å². The molecule has 2 aromatic heterocycles. The van der Waals surface area contributed by atoms with Gasteiger partial charge in [0.25, 0.3) is 5.91 Å². The zero-order valence-corrected chi connectivity index (χ0v) is 15.4. The number of carbonyl (C=O) groups excluding carboxylic acids is 1. The molecule has 0 N–H and O–H groups in total. The second-order valence-electron chi connectivity index (χ2n) is 6.68. The fourth-order valence-corrected chi connectivity index (χ4v) is 3.27. The van der Waals surface area contributed by atoms with E-state index in [9.17, 15) is 9.18 Å². The fourth-order valence-electron chi connectivity index (χ4n) is 3.27. The van der Waals surface area contributed by atoms with Crippen LogP contribution in [0.25, 0.3) is 0 Å². The molecule has 1 aliphatic heterocycles. The third-order valence-electron chi connectivity index (χ3n) is 4.68. The van der Waals surface area contributed by atoms with Crippen molar-refractivity contribution < 1.29 is 13.9 Å². The van der Waals surface area contributed by atoms with Gasteiger partial charge in [0.1, 0.15) is 11.6 Å². The van der Waals surface area contributed by atoms with E-state index < -0.39 is 0 Å². The van der Waals surface area contributed by atoms with Crippen molar-refractivity contribution in [3.63, 3.8) is 0 Å². The molecule has 3 heterocycles. The van der Waals surface area contributed by atoms with Crippen LogP contribution in [0.15, 0.2) is 55.0 Å². The lowest BCUT2D eigenvalue weighted by atomic mass is 10.1. The van der Waals surface area contributed by atoms with Gasteiger partial charge in [-0.3, -0.25) is 14.8 Å². The first-order valence-corrected chi connectivity index (χ1v) is 9.09. The molecule has 28 heavy (non-hydrogen) atoms. The first kappa shape index (κ1) is 18.0. The zero-order valence-electron chi connectivity index (χ0n) is 15.4. The molecular formula is C21H19FN4O2. The van der Waals surface area contributed by atoms with Gasteiger partial charge in [0, 0.05) is 18.4 Å². The van der Waals surface area contributed by atoms with E-state index in [0.29, 0.717) is 29.4 Å². The number of amides is 1. The second kappa shape index (κ2) is 7.72. The minimum absolute atomic E-state index is 0.0679. The number of nitrogens with zero attached hydrogens (tertiary/aromatic N) is 4. The Balaban J connectivity index is 1.55. The highest BCUT2D eigenvalue weighted by molar-refractivity contribution is 5.94. The Hall–Kier alpha value is -3.35. The molecule has 0 spiro atoms. The van der Waals surface area contributed by atoms with E-state index in [0.717, 1.165) is 18.5 Å². The van der Waals surface area contributed by atoms with E-state index in [1.807, 2.05) is 13.0 Å². The Morgan fingerprint density at radius 3 is 2.71 bits per heavy atom. The van der Waals surface area contributed by atoms with Gasteiger partial charge in [-0.25, -0.2) is 9.37 Å². The molecular weight excluding hydrogens is 359 g/mol. The van der Waals surface area contributed by atoms with Crippen LogP contribution in [0.3, 0.4) is 0 Å². The SMILES string of the molecule is Cc1ccc(C(=O)N2CCC[C@H]2c2cncc(Oc3ccc(F)cc3)n2)cn1. The van der Waals surface area contributed by atoms with Crippen molar-refractivity contribution in [3.8, 4) is 11.6 Å². The first-order valence-electron chi connectivity index (χ1n) is 9.09. The smallest absolute Gasteiger partial charge is 0.255 e. The molecule has 0 bridgehead atoms. The molecule has 1 atom stereocenters. The van der Waals surface area contributed by atoms with Gasteiger partial charge in [-0.15, -0.1) is 0 Å². The summed E-state index contributed by atoms with van der Waals surface area (Å²) in [4.78, 5) is 27.7. The van der Waals surface area contributed by atoms with Gasteiger partial charge < -0.3 is 9.64 Å². The Labute approximate surface area is 162 Å². The third-order valence-corrected chi connectivity index (χ3v) is 4.68. The number of likely N-dealkylation sites (tertiary alicyclic amines) is 1. The number of ether oxygens (including phenoxy) is 1. The van der Waals surface area contributed by atoms with Crippen molar-refractivity contribution in [3.05, 3.63) is 77.8 Å². The van der Waals surface area contributed by atoms with E-state index >= 15 is 0 Å². The normalized spacial score (nSPS) is 16.2.